The van der Waals surface area contributed by atoms with E-state index in [2.05, 4.69) is 14.7 Å². The number of thiazole rings is 1. The molecule has 4 aromatic rings. The van der Waals surface area contributed by atoms with E-state index in [4.69, 9.17) is 0 Å². The molecule has 2 aromatic carbocycles. The fourth-order valence-electron chi connectivity index (χ4n) is 3.51. The summed E-state index contributed by atoms with van der Waals surface area (Å²) in [4.78, 5) is 18.1. The topological polar surface area (TPSA) is 114 Å². The number of hydrogen-bond acceptors (Lipinski definition) is 8. The summed E-state index contributed by atoms with van der Waals surface area (Å²) >= 11 is 2.63. The molecule has 8 nitrogen and oxygen atoms in total. The van der Waals surface area contributed by atoms with Crippen molar-refractivity contribution in [3.63, 3.8) is 0 Å². The number of anilines is 1. The molecule has 2 N–H and O–H groups in total. The fraction of sp³-hybridized carbons (Fsp3) is 0.0952. The number of para-hydroxylation sites is 1. The standard InChI is InChI=1S/C21H16N4O4S3/c1-30-21-23-19-17(31-21)16(26)15(20(27)25(19)11-12-7-3-2-4-8-12)18-22-13-9-5-6-10-14(13)32(28,29)24-18/h2-10,26H,11H2,1H3,(H,22,24). The Bertz CT molecular complexity index is 1560. The Hall–Kier alpha value is -3.15. The van der Waals surface area contributed by atoms with Gasteiger partial charge in [0.15, 0.2) is 21.6 Å². The van der Waals surface area contributed by atoms with Crippen LogP contribution in [-0.4, -0.2) is 35.2 Å². The van der Waals surface area contributed by atoms with Crippen LogP contribution in [0.2, 0.25) is 0 Å². The quantitative estimate of drug-likeness (QED) is 0.426. The number of hydrogen-bond donors (Lipinski definition) is 2. The monoisotopic (exact) mass is 484 g/mol. The third-order valence-electron chi connectivity index (χ3n) is 4.98. The highest BCUT2D eigenvalue weighted by molar-refractivity contribution is 8.00. The number of sulfonamides is 1. The predicted octanol–water partition coefficient (Wildman–Crippen LogP) is 3.49. The number of pyridine rings is 1. The normalized spacial score (nSPS) is 14.6. The highest BCUT2D eigenvalue weighted by atomic mass is 32.2. The summed E-state index contributed by atoms with van der Waals surface area (Å²) in [5.41, 5.74) is 0.706. The minimum absolute atomic E-state index is 0.0105. The molecule has 162 valence electrons. The molecule has 32 heavy (non-hydrogen) atoms. The number of nitrogens with one attached hydrogen (secondary N) is 1. The molecule has 0 bridgehead atoms. The Morgan fingerprint density at radius 1 is 1.12 bits per heavy atom. The van der Waals surface area contributed by atoms with Crippen LogP contribution >= 0.6 is 23.1 Å². The third kappa shape index (κ3) is 3.38. The zero-order valence-corrected chi connectivity index (χ0v) is 19.1. The van der Waals surface area contributed by atoms with Crippen LogP contribution in [0.25, 0.3) is 10.3 Å². The van der Waals surface area contributed by atoms with Crippen molar-refractivity contribution >= 4 is 55.0 Å². The molecule has 0 amide bonds. The van der Waals surface area contributed by atoms with Crippen LogP contribution in [0.3, 0.4) is 0 Å². The van der Waals surface area contributed by atoms with Crippen molar-refractivity contribution in [2.24, 2.45) is 4.40 Å². The second kappa shape index (κ2) is 7.76. The first-order valence-electron chi connectivity index (χ1n) is 9.44. The molecule has 0 fully saturated rings. The van der Waals surface area contributed by atoms with Gasteiger partial charge in [-0.2, -0.15) is 8.42 Å². The lowest BCUT2D eigenvalue weighted by Gasteiger charge is -2.19. The number of amidine groups is 1. The van der Waals surface area contributed by atoms with E-state index in [9.17, 15) is 18.3 Å². The molecular weight excluding hydrogens is 468 g/mol. The van der Waals surface area contributed by atoms with E-state index in [0.29, 0.717) is 20.4 Å². The molecule has 1 aliphatic rings. The number of fused-ring (bicyclic) bond motifs is 2. The molecule has 0 saturated heterocycles. The van der Waals surface area contributed by atoms with Crippen molar-refractivity contribution < 1.29 is 13.5 Å². The predicted molar refractivity (Wildman–Crippen MR) is 127 cm³/mol. The van der Waals surface area contributed by atoms with Crippen LogP contribution in [0, 0.1) is 0 Å². The molecule has 11 heteroatoms. The van der Waals surface area contributed by atoms with E-state index >= 15 is 0 Å². The van der Waals surface area contributed by atoms with E-state index < -0.39 is 15.6 Å². The maximum atomic E-state index is 13.6. The maximum absolute atomic E-state index is 13.6. The van der Waals surface area contributed by atoms with Gasteiger partial charge >= 0.3 is 0 Å². The fourth-order valence-corrected chi connectivity index (χ4v) is 6.15. The lowest BCUT2D eigenvalue weighted by atomic mass is 10.1. The molecule has 1 aliphatic heterocycles. The van der Waals surface area contributed by atoms with Gasteiger partial charge in [0.05, 0.1) is 12.2 Å². The highest BCUT2D eigenvalue weighted by Crippen LogP contribution is 2.37. The summed E-state index contributed by atoms with van der Waals surface area (Å²) in [7, 11) is -4.05. The SMILES string of the molecule is CSc1nc2c(s1)c(O)c(C1=NS(=O)(=O)c3ccccc3N1)c(=O)n2Cc1ccccc1. The Morgan fingerprint density at radius 3 is 2.59 bits per heavy atom. The minimum atomic E-state index is -4.05. The molecule has 0 unspecified atom stereocenters. The third-order valence-corrected chi connectivity index (χ3v) is 8.35. The van der Waals surface area contributed by atoms with Crippen molar-refractivity contribution in [2.45, 2.75) is 15.8 Å². The first-order valence-corrected chi connectivity index (χ1v) is 12.9. The van der Waals surface area contributed by atoms with Gasteiger partial charge in [-0.15, -0.1) is 15.7 Å². The minimum Gasteiger partial charge on any atom is -0.505 e. The molecule has 0 saturated carbocycles. The van der Waals surface area contributed by atoms with Gasteiger partial charge in [-0.05, 0) is 24.0 Å². The van der Waals surface area contributed by atoms with Crippen LogP contribution in [0.1, 0.15) is 11.1 Å². The molecule has 0 radical (unpaired) electrons. The summed E-state index contributed by atoms with van der Waals surface area (Å²) in [5, 5.41) is 13.9. The lowest BCUT2D eigenvalue weighted by molar-refractivity contribution is 0.478. The summed E-state index contributed by atoms with van der Waals surface area (Å²) < 4.78 is 31.8. The Kier molecular flexibility index (Phi) is 5.03. The van der Waals surface area contributed by atoms with Crippen LogP contribution in [0.15, 0.2) is 73.0 Å². The average Bonchev–Trinajstić information content (AvgIpc) is 3.22. The molecule has 0 spiro atoms. The first-order chi connectivity index (χ1) is 15.4. The molecule has 0 atom stereocenters. The van der Waals surface area contributed by atoms with Crippen LogP contribution in [-0.2, 0) is 16.6 Å². The number of thioether (sulfide) groups is 1. The van der Waals surface area contributed by atoms with Gasteiger partial charge in [0.25, 0.3) is 15.6 Å². The molecular formula is C21H16N4O4S3. The van der Waals surface area contributed by atoms with Gasteiger partial charge in [-0.25, -0.2) is 4.98 Å². The molecule has 5 rings (SSSR count). The Labute approximate surface area is 191 Å². The van der Waals surface area contributed by atoms with Gasteiger partial charge in [0.1, 0.15) is 15.2 Å². The summed E-state index contributed by atoms with van der Waals surface area (Å²) in [5.74, 6) is -0.554. The van der Waals surface area contributed by atoms with Gasteiger partial charge in [-0.1, -0.05) is 54.2 Å². The van der Waals surface area contributed by atoms with Crippen molar-refractivity contribution in [3.05, 3.63) is 76.1 Å². The van der Waals surface area contributed by atoms with E-state index in [0.717, 1.165) is 5.56 Å². The van der Waals surface area contributed by atoms with Crippen molar-refractivity contribution in [1.82, 2.24) is 9.55 Å². The van der Waals surface area contributed by atoms with Crippen molar-refractivity contribution in [1.29, 1.82) is 0 Å². The second-order valence-corrected chi connectivity index (χ2v) is 10.6. The smallest absolute Gasteiger partial charge is 0.286 e. The summed E-state index contributed by atoms with van der Waals surface area (Å²) in [6.45, 7) is 0.206. The number of rotatable bonds is 4. The maximum Gasteiger partial charge on any atom is 0.286 e. The first kappa shape index (κ1) is 20.7. The number of aromatic hydroxyl groups is 1. The summed E-state index contributed by atoms with van der Waals surface area (Å²) in [6, 6.07) is 15.6. The lowest BCUT2D eigenvalue weighted by Crippen LogP contribution is -2.32. The number of benzene rings is 2. The van der Waals surface area contributed by atoms with Crippen LogP contribution < -0.4 is 10.9 Å². The highest BCUT2D eigenvalue weighted by Gasteiger charge is 2.30. The van der Waals surface area contributed by atoms with Gasteiger partial charge < -0.3 is 10.4 Å². The number of aromatic nitrogens is 2. The largest absolute Gasteiger partial charge is 0.505 e. The Balaban J connectivity index is 1.78. The average molecular weight is 485 g/mol. The zero-order valence-electron chi connectivity index (χ0n) is 16.6. The van der Waals surface area contributed by atoms with Gasteiger partial charge in [-0.3, -0.25) is 9.36 Å². The van der Waals surface area contributed by atoms with Crippen molar-refractivity contribution in [3.8, 4) is 5.75 Å². The zero-order chi connectivity index (χ0) is 22.5. The summed E-state index contributed by atoms with van der Waals surface area (Å²) in [6.07, 6.45) is 1.85. The van der Waals surface area contributed by atoms with Crippen molar-refractivity contribution in [2.75, 3.05) is 11.6 Å². The second-order valence-electron chi connectivity index (χ2n) is 6.97. The van der Waals surface area contributed by atoms with Crippen LogP contribution in [0.4, 0.5) is 5.69 Å². The van der Waals surface area contributed by atoms with E-state index in [1.54, 1.807) is 18.2 Å². The van der Waals surface area contributed by atoms with Gasteiger partial charge in [0, 0.05) is 0 Å². The molecule has 0 aliphatic carbocycles. The van der Waals surface area contributed by atoms with E-state index in [-0.39, 0.29) is 28.6 Å². The van der Waals surface area contributed by atoms with Crippen LogP contribution in [0.5, 0.6) is 5.75 Å². The molecule has 3 heterocycles. The van der Waals surface area contributed by atoms with E-state index in [1.165, 1.54) is 33.7 Å². The Morgan fingerprint density at radius 2 is 1.84 bits per heavy atom. The molecule has 2 aromatic heterocycles. The number of nitrogens with zero attached hydrogens (tertiary/aromatic N) is 3. The van der Waals surface area contributed by atoms with Gasteiger partial charge in [0.2, 0.25) is 0 Å². The van der Waals surface area contributed by atoms with E-state index in [1.807, 2.05) is 36.6 Å².